The van der Waals surface area contributed by atoms with Gasteiger partial charge in [0.1, 0.15) is 0 Å². The van der Waals surface area contributed by atoms with E-state index in [9.17, 15) is 9.59 Å². The van der Waals surface area contributed by atoms with E-state index < -0.39 is 5.97 Å². The normalized spacial score (nSPS) is 11.7. The first-order valence-electron chi connectivity index (χ1n) is 7.82. The zero-order chi connectivity index (χ0) is 17.4. The van der Waals surface area contributed by atoms with Gasteiger partial charge >= 0.3 is 5.97 Å². The zero-order valence-corrected chi connectivity index (χ0v) is 14.4. The average molecular weight is 343 g/mol. The van der Waals surface area contributed by atoms with E-state index in [1.54, 1.807) is 0 Å². The Morgan fingerprint density at radius 2 is 1.75 bits per heavy atom. The maximum atomic E-state index is 12.0. The highest BCUT2D eigenvalue weighted by molar-refractivity contribution is 8.00. The second-order valence-electron chi connectivity index (χ2n) is 5.53. The number of carboxylic acid groups (broad SMARTS) is 1. The van der Waals surface area contributed by atoms with Gasteiger partial charge in [-0.3, -0.25) is 9.59 Å². The fourth-order valence-corrected chi connectivity index (χ4v) is 2.99. The van der Waals surface area contributed by atoms with E-state index in [-0.39, 0.29) is 18.4 Å². The van der Waals surface area contributed by atoms with Crippen molar-refractivity contribution in [2.45, 2.75) is 30.7 Å². The molecule has 2 aromatic rings. The van der Waals surface area contributed by atoms with Crippen molar-refractivity contribution in [3.63, 3.8) is 0 Å². The third-order valence-corrected chi connectivity index (χ3v) is 4.61. The van der Waals surface area contributed by atoms with Crippen molar-refractivity contribution in [2.75, 3.05) is 5.75 Å². The van der Waals surface area contributed by atoms with Gasteiger partial charge < -0.3 is 10.4 Å². The molecular formula is C19H21NO3S. The minimum absolute atomic E-state index is 0.00805. The van der Waals surface area contributed by atoms with Gasteiger partial charge in [-0.15, -0.1) is 11.8 Å². The molecule has 0 radical (unpaired) electrons. The molecule has 5 heteroatoms. The third-order valence-electron chi connectivity index (χ3n) is 3.60. The Balaban J connectivity index is 1.81. The molecule has 2 N–H and O–H groups in total. The van der Waals surface area contributed by atoms with Gasteiger partial charge in [-0.1, -0.05) is 42.5 Å². The van der Waals surface area contributed by atoms with E-state index in [0.717, 1.165) is 16.0 Å². The largest absolute Gasteiger partial charge is 0.481 e. The summed E-state index contributed by atoms with van der Waals surface area (Å²) in [6.07, 6.45) is 0.645. The number of amides is 1. The van der Waals surface area contributed by atoms with E-state index in [2.05, 4.69) is 5.32 Å². The van der Waals surface area contributed by atoms with Gasteiger partial charge in [-0.2, -0.15) is 0 Å². The minimum atomic E-state index is -0.796. The lowest BCUT2D eigenvalue weighted by molar-refractivity contribution is -0.137. The quantitative estimate of drug-likeness (QED) is 0.718. The van der Waals surface area contributed by atoms with Gasteiger partial charge in [-0.25, -0.2) is 0 Å². The molecule has 0 aliphatic rings. The topological polar surface area (TPSA) is 66.4 Å². The van der Waals surface area contributed by atoms with E-state index in [1.165, 1.54) is 11.8 Å². The first-order chi connectivity index (χ1) is 11.5. The van der Waals surface area contributed by atoms with Crippen LogP contribution in [0.4, 0.5) is 0 Å². The fourth-order valence-electron chi connectivity index (χ4n) is 2.26. The molecule has 1 atom stereocenters. The van der Waals surface area contributed by atoms with Crippen LogP contribution in [-0.2, 0) is 16.0 Å². The average Bonchev–Trinajstić information content (AvgIpc) is 2.59. The van der Waals surface area contributed by atoms with Gasteiger partial charge in [0.15, 0.2) is 0 Å². The molecule has 0 aliphatic carbocycles. The molecule has 1 amide bonds. The summed E-state index contributed by atoms with van der Waals surface area (Å²) in [4.78, 5) is 23.7. The number of carbonyl (C=O) groups is 2. The van der Waals surface area contributed by atoms with Crippen molar-refractivity contribution in [2.24, 2.45) is 0 Å². The van der Waals surface area contributed by atoms with Gasteiger partial charge in [0.05, 0.1) is 11.8 Å². The highest BCUT2D eigenvalue weighted by atomic mass is 32.2. The van der Waals surface area contributed by atoms with Crippen molar-refractivity contribution in [1.29, 1.82) is 0 Å². The number of nitrogens with one attached hydrogen (secondary N) is 1. The van der Waals surface area contributed by atoms with Crippen molar-refractivity contribution >= 4 is 23.6 Å². The molecule has 0 saturated heterocycles. The maximum Gasteiger partial charge on any atom is 0.303 e. The summed E-state index contributed by atoms with van der Waals surface area (Å²) in [6, 6.07) is 17.4. The second kappa shape index (κ2) is 9.13. The Hall–Kier alpha value is -2.27. The monoisotopic (exact) mass is 343 g/mol. The lowest BCUT2D eigenvalue weighted by Crippen LogP contribution is -2.28. The van der Waals surface area contributed by atoms with Crippen LogP contribution in [0.3, 0.4) is 0 Å². The molecule has 126 valence electrons. The summed E-state index contributed by atoms with van der Waals surface area (Å²) >= 11 is 1.51. The molecule has 0 bridgehead atoms. The molecule has 0 fully saturated rings. The summed E-state index contributed by atoms with van der Waals surface area (Å²) in [5.74, 6) is -0.424. The smallest absolute Gasteiger partial charge is 0.303 e. The lowest BCUT2D eigenvalue weighted by atomic mass is 10.0. The Morgan fingerprint density at radius 1 is 1.08 bits per heavy atom. The van der Waals surface area contributed by atoms with Crippen LogP contribution in [0.15, 0.2) is 59.5 Å². The first-order valence-corrected chi connectivity index (χ1v) is 8.81. The molecule has 0 aromatic heterocycles. The van der Waals surface area contributed by atoms with E-state index in [1.807, 2.05) is 61.5 Å². The van der Waals surface area contributed by atoms with Gasteiger partial charge in [0, 0.05) is 11.3 Å². The van der Waals surface area contributed by atoms with Crippen LogP contribution in [0, 0.1) is 0 Å². The second-order valence-corrected chi connectivity index (χ2v) is 6.58. The summed E-state index contributed by atoms with van der Waals surface area (Å²) in [5.41, 5.74) is 1.99. The number of hydrogen-bond donors (Lipinski definition) is 2. The van der Waals surface area contributed by atoms with E-state index >= 15 is 0 Å². The van der Waals surface area contributed by atoms with Crippen molar-refractivity contribution in [3.05, 3.63) is 65.7 Å². The number of thioether (sulfide) groups is 1. The Bertz CT molecular complexity index is 671. The van der Waals surface area contributed by atoms with Crippen LogP contribution in [0.2, 0.25) is 0 Å². The molecule has 2 rings (SSSR count). The lowest BCUT2D eigenvalue weighted by Gasteiger charge is -2.15. The van der Waals surface area contributed by atoms with E-state index in [0.29, 0.717) is 12.2 Å². The minimum Gasteiger partial charge on any atom is -0.481 e. The predicted molar refractivity (Wildman–Crippen MR) is 96.1 cm³/mol. The highest BCUT2D eigenvalue weighted by Crippen LogP contribution is 2.18. The standard InChI is InChI=1S/C19H21NO3S/c1-14(16-10-7-15(8-11-16)9-12-19(22)23)20-18(21)13-24-17-5-3-2-4-6-17/h2-8,10-11,14H,9,12-13H2,1H3,(H,20,21)(H,22,23). The van der Waals surface area contributed by atoms with Crippen LogP contribution in [0.1, 0.15) is 30.5 Å². The number of rotatable bonds is 8. The number of carboxylic acids is 1. The summed E-state index contributed by atoms with van der Waals surface area (Å²) in [5, 5.41) is 11.7. The van der Waals surface area contributed by atoms with E-state index in [4.69, 9.17) is 5.11 Å². The Kier molecular flexibility index (Phi) is 6.88. The zero-order valence-electron chi connectivity index (χ0n) is 13.6. The number of aliphatic carboxylic acids is 1. The number of benzene rings is 2. The molecular weight excluding hydrogens is 322 g/mol. The van der Waals surface area contributed by atoms with Crippen LogP contribution >= 0.6 is 11.8 Å². The number of aryl methyl sites for hydroxylation is 1. The van der Waals surface area contributed by atoms with Crippen molar-refractivity contribution in [3.8, 4) is 0 Å². The molecule has 4 nitrogen and oxygen atoms in total. The summed E-state index contributed by atoms with van der Waals surface area (Å²) in [7, 11) is 0. The number of carbonyl (C=O) groups excluding carboxylic acids is 1. The Labute approximate surface area is 146 Å². The molecule has 0 aliphatic heterocycles. The van der Waals surface area contributed by atoms with Gasteiger partial charge in [-0.05, 0) is 36.6 Å². The van der Waals surface area contributed by atoms with Gasteiger partial charge in [0.2, 0.25) is 5.91 Å². The SMILES string of the molecule is CC(NC(=O)CSc1ccccc1)c1ccc(CCC(=O)O)cc1. The summed E-state index contributed by atoms with van der Waals surface area (Å²) in [6.45, 7) is 1.94. The predicted octanol–water partition coefficient (Wildman–Crippen LogP) is 3.67. The Morgan fingerprint density at radius 3 is 2.38 bits per heavy atom. The molecule has 0 heterocycles. The van der Waals surface area contributed by atoms with Crippen molar-refractivity contribution < 1.29 is 14.7 Å². The summed E-state index contributed by atoms with van der Waals surface area (Å²) < 4.78 is 0. The fraction of sp³-hybridized carbons (Fsp3) is 0.263. The van der Waals surface area contributed by atoms with Crippen LogP contribution in [-0.4, -0.2) is 22.7 Å². The number of hydrogen-bond acceptors (Lipinski definition) is 3. The first kappa shape index (κ1) is 18.1. The molecule has 24 heavy (non-hydrogen) atoms. The van der Waals surface area contributed by atoms with Crippen LogP contribution in [0.25, 0.3) is 0 Å². The van der Waals surface area contributed by atoms with Crippen molar-refractivity contribution in [1.82, 2.24) is 5.32 Å². The van der Waals surface area contributed by atoms with Crippen LogP contribution < -0.4 is 5.32 Å². The van der Waals surface area contributed by atoms with Gasteiger partial charge in [0.25, 0.3) is 0 Å². The van der Waals surface area contributed by atoms with Crippen LogP contribution in [0.5, 0.6) is 0 Å². The molecule has 0 saturated carbocycles. The maximum absolute atomic E-state index is 12.0. The third kappa shape index (κ3) is 6.08. The molecule has 1 unspecified atom stereocenters. The molecule has 2 aromatic carbocycles. The highest BCUT2D eigenvalue weighted by Gasteiger charge is 2.10. The molecule has 0 spiro atoms.